The second-order valence-electron chi connectivity index (χ2n) is 5.02. The third-order valence-electron chi connectivity index (χ3n) is 3.57. The van der Waals surface area contributed by atoms with Crippen molar-refractivity contribution in [2.75, 3.05) is 7.11 Å². The Bertz CT molecular complexity index is 720. The number of H-pyrrole nitrogens is 1. The molecule has 0 atom stereocenters. The Morgan fingerprint density at radius 3 is 2.80 bits per heavy atom. The van der Waals surface area contributed by atoms with Crippen LogP contribution < -0.4 is 10.3 Å². The Morgan fingerprint density at radius 2 is 2.15 bits per heavy atom. The summed E-state index contributed by atoms with van der Waals surface area (Å²) in [7, 11) is 1.41. The molecule has 0 saturated heterocycles. The molecule has 5 heteroatoms. The predicted molar refractivity (Wildman–Crippen MR) is 73.5 cm³/mol. The van der Waals surface area contributed by atoms with Gasteiger partial charge in [-0.25, -0.2) is 9.37 Å². The van der Waals surface area contributed by atoms with Crippen LogP contribution in [-0.2, 0) is 0 Å². The van der Waals surface area contributed by atoms with Gasteiger partial charge in [-0.3, -0.25) is 4.79 Å². The van der Waals surface area contributed by atoms with Gasteiger partial charge in [0.2, 0.25) is 0 Å². The van der Waals surface area contributed by atoms with Crippen LogP contribution in [0.5, 0.6) is 5.75 Å². The third-order valence-corrected chi connectivity index (χ3v) is 3.57. The quantitative estimate of drug-likeness (QED) is 0.936. The molecule has 0 spiro atoms. The molecule has 2 aromatic rings. The third kappa shape index (κ3) is 2.09. The number of benzene rings is 1. The fraction of sp³-hybridized carbons (Fsp3) is 0.333. The molecule has 1 saturated carbocycles. The Labute approximate surface area is 115 Å². The second-order valence-corrected chi connectivity index (χ2v) is 5.02. The van der Waals surface area contributed by atoms with Crippen LogP contribution in [0.3, 0.4) is 0 Å². The lowest BCUT2D eigenvalue weighted by molar-refractivity contribution is 0.387. The largest absolute Gasteiger partial charge is 0.494 e. The van der Waals surface area contributed by atoms with Crippen molar-refractivity contribution >= 4 is 0 Å². The van der Waals surface area contributed by atoms with Crippen molar-refractivity contribution < 1.29 is 9.13 Å². The molecule has 104 valence electrons. The summed E-state index contributed by atoms with van der Waals surface area (Å²) in [6, 6.07) is 4.85. The van der Waals surface area contributed by atoms with E-state index in [1.165, 1.54) is 7.11 Å². The standard InChI is InChI=1S/C15H15FN2O2/c1-8-13(10-4-3-5-11(20-2)12(10)16)17-14(9-6-7-9)18-15(8)19/h3-5,9H,6-7H2,1-2H3,(H,17,18,19). The van der Waals surface area contributed by atoms with Crippen LogP contribution >= 0.6 is 0 Å². The number of rotatable bonds is 3. The first kappa shape index (κ1) is 12.8. The highest BCUT2D eigenvalue weighted by Crippen LogP contribution is 2.38. The zero-order chi connectivity index (χ0) is 14.3. The zero-order valence-electron chi connectivity index (χ0n) is 11.4. The molecular formula is C15H15FN2O2. The number of aromatic amines is 1. The maximum atomic E-state index is 14.3. The lowest BCUT2D eigenvalue weighted by Crippen LogP contribution is -2.16. The molecule has 1 N–H and O–H groups in total. The summed E-state index contributed by atoms with van der Waals surface area (Å²) in [5, 5.41) is 0. The number of hydrogen-bond acceptors (Lipinski definition) is 3. The van der Waals surface area contributed by atoms with Crippen molar-refractivity contribution in [3.05, 3.63) is 45.8 Å². The summed E-state index contributed by atoms with van der Waals surface area (Å²) < 4.78 is 19.3. The highest BCUT2D eigenvalue weighted by molar-refractivity contribution is 5.65. The Morgan fingerprint density at radius 1 is 1.40 bits per heavy atom. The number of hydrogen-bond donors (Lipinski definition) is 1. The van der Waals surface area contributed by atoms with E-state index in [-0.39, 0.29) is 11.3 Å². The number of methoxy groups -OCH3 is 1. The average Bonchev–Trinajstić information content (AvgIpc) is 3.27. The summed E-state index contributed by atoms with van der Waals surface area (Å²) in [6.45, 7) is 1.65. The molecule has 4 nitrogen and oxygen atoms in total. The molecule has 3 rings (SSSR count). The molecule has 0 radical (unpaired) electrons. The smallest absolute Gasteiger partial charge is 0.254 e. The van der Waals surface area contributed by atoms with Crippen molar-refractivity contribution in [3.63, 3.8) is 0 Å². The SMILES string of the molecule is COc1cccc(-c2nc(C3CC3)[nH]c(=O)c2C)c1F. The summed E-state index contributed by atoms with van der Waals surface area (Å²) >= 11 is 0. The van der Waals surface area contributed by atoms with E-state index in [1.54, 1.807) is 25.1 Å². The van der Waals surface area contributed by atoms with Gasteiger partial charge < -0.3 is 9.72 Å². The van der Waals surface area contributed by atoms with Gasteiger partial charge >= 0.3 is 0 Å². The van der Waals surface area contributed by atoms with Gasteiger partial charge in [-0.1, -0.05) is 6.07 Å². The zero-order valence-corrected chi connectivity index (χ0v) is 11.4. The fourth-order valence-electron chi connectivity index (χ4n) is 2.21. The molecule has 0 unspecified atom stereocenters. The molecule has 1 aliphatic rings. The van der Waals surface area contributed by atoms with E-state index in [9.17, 15) is 9.18 Å². The number of ether oxygens (including phenoxy) is 1. The van der Waals surface area contributed by atoms with Gasteiger partial charge in [-0.15, -0.1) is 0 Å². The molecule has 1 fully saturated rings. The van der Waals surface area contributed by atoms with Crippen LogP contribution in [0.15, 0.2) is 23.0 Å². The Hall–Kier alpha value is -2.17. The normalized spacial score (nSPS) is 14.3. The van der Waals surface area contributed by atoms with Gasteiger partial charge in [0.05, 0.1) is 12.8 Å². The van der Waals surface area contributed by atoms with Crippen molar-refractivity contribution in [2.45, 2.75) is 25.7 Å². The number of nitrogens with zero attached hydrogens (tertiary/aromatic N) is 1. The van der Waals surface area contributed by atoms with Gasteiger partial charge in [0.1, 0.15) is 5.82 Å². The summed E-state index contributed by atoms with van der Waals surface area (Å²) in [5.74, 6) is 0.614. The summed E-state index contributed by atoms with van der Waals surface area (Å²) in [6.07, 6.45) is 2.04. The lowest BCUT2D eigenvalue weighted by atomic mass is 10.1. The highest BCUT2D eigenvalue weighted by Gasteiger charge is 2.27. The molecule has 1 aromatic carbocycles. The fourth-order valence-corrected chi connectivity index (χ4v) is 2.21. The minimum Gasteiger partial charge on any atom is -0.494 e. The lowest BCUT2D eigenvalue weighted by Gasteiger charge is -2.10. The van der Waals surface area contributed by atoms with Crippen LogP contribution in [-0.4, -0.2) is 17.1 Å². The van der Waals surface area contributed by atoms with Gasteiger partial charge in [0.25, 0.3) is 5.56 Å². The van der Waals surface area contributed by atoms with Gasteiger partial charge in [-0.05, 0) is 31.9 Å². The van der Waals surface area contributed by atoms with Gasteiger partial charge in [0.15, 0.2) is 11.6 Å². The molecule has 1 heterocycles. The number of halogens is 1. The van der Waals surface area contributed by atoms with Crippen molar-refractivity contribution in [2.24, 2.45) is 0 Å². The van der Waals surface area contributed by atoms with Crippen LogP contribution in [0.4, 0.5) is 4.39 Å². The molecule has 0 bridgehead atoms. The first-order valence-electron chi connectivity index (χ1n) is 6.55. The van der Waals surface area contributed by atoms with E-state index in [4.69, 9.17) is 4.74 Å². The Balaban J connectivity index is 2.21. The van der Waals surface area contributed by atoms with Crippen molar-refractivity contribution in [1.82, 2.24) is 9.97 Å². The van der Waals surface area contributed by atoms with E-state index in [2.05, 4.69) is 9.97 Å². The Kier molecular flexibility index (Phi) is 3.04. The number of aromatic nitrogens is 2. The topological polar surface area (TPSA) is 55.0 Å². The van der Waals surface area contributed by atoms with Gasteiger partial charge in [-0.2, -0.15) is 0 Å². The van der Waals surface area contributed by atoms with Crippen LogP contribution in [0.1, 0.15) is 30.1 Å². The maximum absolute atomic E-state index is 14.3. The molecule has 1 aromatic heterocycles. The first-order valence-corrected chi connectivity index (χ1v) is 6.55. The highest BCUT2D eigenvalue weighted by atomic mass is 19.1. The minimum atomic E-state index is -0.488. The molecule has 1 aliphatic carbocycles. The van der Waals surface area contributed by atoms with Crippen LogP contribution in [0.2, 0.25) is 0 Å². The molecule has 0 aliphatic heterocycles. The molecule has 0 amide bonds. The minimum absolute atomic E-state index is 0.150. The summed E-state index contributed by atoms with van der Waals surface area (Å²) in [5.41, 5.74) is 0.905. The predicted octanol–water partition coefficient (Wildman–Crippen LogP) is 2.77. The van der Waals surface area contributed by atoms with E-state index in [0.29, 0.717) is 28.6 Å². The maximum Gasteiger partial charge on any atom is 0.254 e. The summed E-state index contributed by atoms with van der Waals surface area (Å²) in [4.78, 5) is 19.2. The van der Waals surface area contributed by atoms with Crippen LogP contribution in [0.25, 0.3) is 11.3 Å². The van der Waals surface area contributed by atoms with E-state index in [0.717, 1.165) is 12.8 Å². The van der Waals surface area contributed by atoms with Gasteiger partial charge in [0, 0.05) is 17.0 Å². The first-order chi connectivity index (χ1) is 9.61. The molecular weight excluding hydrogens is 259 g/mol. The van der Waals surface area contributed by atoms with Crippen molar-refractivity contribution in [1.29, 1.82) is 0 Å². The monoisotopic (exact) mass is 274 g/mol. The average molecular weight is 274 g/mol. The van der Waals surface area contributed by atoms with E-state index >= 15 is 0 Å². The molecule has 20 heavy (non-hydrogen) atoms. The van der Waals surface area contributed by atoms with E-state index < -0.39 is 5.82 Å². The second kappa shape index (κ2) is 4.74. The van der Waals surface area contributed by atoms with Crippen LogP contribution in [0, 0.1) is 12.7 Å². The van der Waals surface area contributed by atoms with E-state index in [1.807, 2.05) is 0 Å². The van der Waals surface area contributed by atoms with Crippen molar-refractivity contribution in [3.8, 4) is 17.0 Å². The number of nitrogens with one attached hydrogen (secondary N) is 1.